The van der Waals surface area contributed by atoms with Crippen molar-refractivity contribution >= 4 is 55.9 Å². The predicted octanol–water partition coefficient (Wildman–Crippen LogP) is 5.52. The van der Waals surface area contributed by atoms with Gasteiger partial charge < -0.3 is 11.1 Å². The van der Waals surface area contributed by atoms with Gasteiger partial charge in [-0.2, -0.15) is 9.47 Å². The Morgan fingerprint density at radius 1 is 1.21 bits per heavy atom. The van der Waals surface area contributed by atoms with Crippen molar-refractivity contribution in [3.8, 4) is 11.1 Å². The average molecular weight is 574 g/mol. The summed E-state index contributed by atoms with van der Waals surface area (Å²) in [6.45, 7) is 0. The molecule has 3 aromatic carbocycles. The second-order valence-electron chi connectivity index (χ2n) is 9.04. The Hall–Kier alpha value is -4.03. The minimum atomic E-state index is -2.73. The second kappa shape index (κ2) is 9.02. The Balaban J connectivity index is 1.79. The van der Waals surface area contributed by atoms with Crippen LogP contribution in [0, 0.1) is 11.6 Å². The molecule has 7 nitrogen and oxygen atoms in total. The van der Waals surface area contributed by atoms with Crippen LogP contribution < -0.4 is 11.1 Å². The standard InChI is InChI=1S/C26H16ClF4N5O2S/c1-36-15(8-17(30)31)11-7-12(18-14(29)4-5-16-20(18)24(25(32)37)35-39-16)19-21(23(11)34-36)26(38)33-22(19)10-6-9(28)2-3-13(10)27/h2-7,17,22H,8H2,1H3,(H2,32,37)(H,33,38). The lowest BCUT2D eigenvalue weighted by Gasteiger charge is -2.19. The smallest absolute Gasteiger partial charge is 0.269 e. The van der Waals surface area contributed by atoms with Gasteiger partial charge in [0.1, 0.15) is 22.8 Å². The summed E-state index contributed by atoms with van der Waals surface area (Å²) in [6, 6.07) is 6.65. The molecule has 1 atom stereocenters. The van der Waals surface area contributed by atoms with Crippen LogP contribution in [0.25, 0.3) is 32.1 Å². The fourth-order valence-corrected chi connectivity index (χ4v) is 6.22. The Morgan fingerprint density at radius 3 is 2.69 bits per heavy atom. The first-order valence-corrected chi connectivity index (χ1v) is 12.7. The number of primary amides is 1. The van der Waals surface area contributed by atoms with Crippen LogP contribution >= 0.6 is 23.1 Å². The van der Waals surface area contributed by atoms with E-state index < -0.39 is 42.3 Å². The van der Waals surface area contributed by atoms with Gasteiger partial charge in [-0.15, -0.1) is 0 Å². The highest BCUT2D eigenvalue weighted by molar-refractivity contribution is 7.13. The molecule has 39 heavy (non-hydrogen) atoms. The van der Waals surface area contributed by atoms with E-state index in [0.29, 0.717) is 4.70 Å². The van der Waals surface area contributed by atoms with Crippen LogP contribution in [0.15, 0.2) is 36.4 Å². The molecule has 0 bridgehead atoms. The van der Waals surface area contributed by atoms with Crippen LogP contribution in [0.3, 0.4) is 0 Å². The summed E-state index contributed by atoms with van der Waals surface area (Å²) in [4.78, 5) is 25.7. The molecule has 5 aromatic rings. The lowest BCUT2D eigenvalue weighted by molar-refractivity contribution is 0.0960. The van der Waals surface area contributed by atoms with Crippen LogP contribution in [-0.4, -0.2) is 32.4 Å². The molecule has 1 aliphatic rings. The first kappa shape index (κ1) is 25.3. The molecule has 1 unspecified atom stereocenters. The Kier molecular flexibility index (Phi) is 5.84. The summed E-state index contributed by atoms with van der Waals surface area (Å²) < 4.78 is 62.9. The molecule has 6 rings (SSSR count). The van der Waals surface area contributed by atoms with Gasteiger partial charge in [-0.1, -0.05) is 11.6 Å². The van der Waals surface area contributed by atoms with Crippen LogP contribution in [0.2, 0.25) is 5.02 Å². The second-order valence-corrected chi connectivity index (χ2v) is 10.2. The molecule has 0 saturated heterocycles. The largest absolute Gasteiger partial charge is 0.364 e. The maximum absolute atomic E-state index is 15.8. The van der Waals surface area contributed by atoms with Crippen molar-refractivity contribution in [2.24, 2.45) is 12.8 Å². The summed E-state index contributed by atoms with van der Waals surface area (Å²) in [7, 11) is 1.47. The molecule has 0 fully saturated rings. The van der Waals surface area contributed by atoms with Gasteiger partial charge in [0, 0.05) is 39.5 Å². The van der Waals surface area contributed by atoms with E-state index in [-0.39, 0.29) is 60.5 Å². The molecule has 0 aliphatic carbocycles. The molecule has 1 aliphatic heterocycles. The number of amides is 2. The third kappa shape index (κ3) is 3.85. The lowest BCUT2D eigenvalue weighted by atomic mass is 9.86. The normalized spacial score (nSPS) is 14.9. The lowest BCUT2D eigenvalue weighted by Crippen LogP contribution is -2.20. The summed E-state index contributed by atoms with van der Waals surface area (Å²) in [5, 5.41) is 7.55. The number of nitrogens with two attached hydrogens (primary N) is 1. The summed E-state index contributed by atoms with van der Waals surface area (Å²) >= 11 is 7.33. The van der Waals surface area contributed by atoms with Crippen molar-refractivity contribution in [1.82, 2.24) is 19.5 Å². The number of hydrogen-bond donors (Lipinski definition) is 2. The molecule has 198 valence electrons. The zero-order valence-corrected chi connectivity index (χ0v) is 21.4. The maximum atomic E-state index is 15.8. The minimum Gasteiger partial charge on any atom is -0.364 e. The van der Waals surface area contributed by atoms with Gasteiger partial charge in [0.25, 0.3) is 11.8 Å². The number of aryl methyl sites for hydroxylation is 1. The molecule has 3 heterocycles. The highest BCUT2D eigenvalue weighted by Crippen LogP contribution is 2.47. The van der Waals surface area contributed by atoms with Crippen LogP contribution in [0.1, 0.15) is 43.7 Å². The van der Waals surface area contributed by atoms with E-state index in [2.05, 4.69) is 14.8 Å². The highest BCUT2D eigenvalue weighted by atomic mass is 35.5. The zero-order chi connectivity index (χ0) is 27.7. The van der Waals surface area contributed by atoms with E-state index >= 15 is 4.39 Å². The van der Waals surface area contributed by atoms with Crippen LogP contribution in [0.4, 0.5) is 17.6 Å². The fourth-order valence-electron chi connectivity index (χ4n) is 5.21. The van der Waals surface area contributed by atoms with Gasteiger partial charge in [0.05, 0.1) is 28.4 Å². The predicted molar refractivity (Wildman–Crippen MR) is 138 cm³/mol. The van der Waals surface area contributed by atoms with Gasteiger partial charge in [0.15, 0.2) is 0 Å². The van der Waals surface area contributed by atoms with Crippen molar-refractivity contribution in [1.29, 1.82) is 0 Å². The molecule has 13 heteroatoms. The van der Waals surface area contributed by atoms with Crippen LogP contribution in [-0.2, 0) is 13.5 Å². The van der Waals surface area contributed by atoms with Crippen molar-refractivity contribution in [3.05, 3.63) is 81.1 Å². The fraction of sp³-hybridized carbons (Fsp3) is 0.154. The average Bonchev–Trinajstić information content (AvgIpc) is 3.54. The van der Waals surface area contributed by atoms with E-state index in [9.17, 15) is 22.8 Å². The van der Waals surface area contributed by atoms with Crippen LogP contribution in [0.5, 0.6) is 0 Å². The van der Waals surface area contributed by atoms with Gasteiger partial charge in [-0.05, 0) is 53.5 Å². The van der Waals surface area contributed by atoms with Crippen molar-refractivity contribution in [3.63, 3.8) is 0 Å². The Morgan fingerprint density at radius 2 is 1.97 bits per heavy atom. The number of halogens is 5. The third-order valence-electron chi connectivity index (χ3n) is 6.79. The number of alkyl halides is 2. The first-order chi connectivity index (χ1) is 18.6. The number of rotatable bonds is 5. The number of nitrogens with one attached hydrogen (secondary N) is 1. The number of hydrogen-bond acceptors (Lipinski definition) is 5. The van der Waals surface area contributed by atoms with E-state index in [1.165, 1.54) is 36.0 Å². The number of carbonyl (C=O) groups is 2. The molecular weight excluding hydrogens is 558 g/mol. The van der Waals surface area contributed by atoms with Gasteiger partial charge in [-0.3, -0.25) is 14.3 Å². The Labute approximate surface area is 226 Å². The third-order valence-corrected chi connectivity index (χ3v) is 7.95. The van der Waals surface area contributed by atoms with E-state index in [1.54, 1.807) is 0 Å². The van der Waals surface area contributed by atoms with Gasteiger partial charge in [0.2, 0.25) is 6.43 Å². The topological polar surface area (TPSA) is 103 Å². The number of nitrogens with zero attached hydrogens (tertiary/aromatic N) is 3. The van der Waals surface area contributed by atoms with E-state index in [1.807, 2.05) is 0 Å². The monoisotopic (exact) mass is 573 g/mol. The van der Waals surface area contributed by atoms with Crippen molar-refractivity contribution < 1.29 is 27.2 Å². The van der Waals surface area contributed by atoms with Crippen molar-refractivity contribution in [2.45, 2.75) is 18.9 Å². The Bertz CT molecular complexity index is 1870. The maximum Gasteiger partial charge on any atom is 0.269 e. The number of aromatic nitrogens is 3. The SMILES string of the molecule is Cn1nc2c3c(c(-c4c(F)ccc5snc(C(N)=O)c45)cc2c1CC(F)F)C(c1cc(F)ccc1Cl)NC3=O. The summed E-state index contributed by atoms with van der Waals surface area (Å²) in [5.41, 5.74) is 6.00. The van der Waals surface area contributed by atoms with E-state index in [0.717, 1.165) is 23.7 Å². The molecular formula is C26H16ClF4N5O2S. The molecule has 0 radical (unpaired) electrons. The van der Waals surface area contributed by atoms with E-state index in [4.69, 9.17) is 17.3 Å². The summed E-state index contributed by atoms with van der Waals surface area (Å²) in [5.74, 6) is -2.92. The zero-order valence-electron chi connectivity index (χ0n) is 19.9. The molecule has 2 amide bonds. The molecule has 0 saturated carbocycles. The molecule has 3 N–H and O–H groups in total. The molecule has 2 aromatic heterocycles. The number of benzene rings is 3. The number of carbonyl (C=O) groups excluding carboxylic acids is 2. The quantitative estimate of drug-likeness (QED) is 0.270. The summed E-state index contributed by atoms with van der Waals surface area (Å²) in [6.07, 6.45) is -3.40. The molecule has 0 spiro atoms. The van der Waals surface area contributed by atoms with Gasteiger partial charge in [-0.25, -0.2) is 17.6 Å². The first-order valence-electron chi connectivity index (χ1n) is 11.5. The van der Waals surface area contributed by atoms with Crippen molar-refractivity contribution in [2.75, 3.05) is 0 Å². The minimum absolute atomic E-state index is 0.00385. The van der Waals surface area contributed by atoms with Gasteiger partial charge >= 0.3 is 0 Å². The number of fused-ring (bicyclic) bond motifs is 4. The highest BCUT2D eigenvalue weighted by Gasteiger charge is 2.39.